The fraction of sp³-hybridized carbons (Fsp3) is 0.733. The summed E-state index contributed by atoms with van der Waals surface area (Å²) in [5.74, 6) is -6.62. The first-order valence-electron chi connectivity index (χ1n) is 8.41. The van der Waals surface area contributed by atoms with Gasteiger partial charge in [-0.3, -0.25) is 9.59 Å². The zero-order valence-corrected chi connectivity index (χ0v) is 16.3. The van der Waals surface area contributed by atoms with Crippen molar-refractivity contribution in [3.8, 4) is 0 Å². The molecule has 31 heavy (non-hydrogen) atoms. The Morgan fingerprint density at radius 2 is 1.26 bits per heavy atom. The Labute approximate surface area is 172 Å². The van der Waals surface area contributed by atoms with Crippen LogP contribution < -0.4 is 16.8 Å². The molecule has 8 N–H and O–H groups in total. The zero-order chi connectivity index (χ0) is 25.4. The van der Waals surface area contributed by atoms with Crippen LogP contribution in [0.25, 0.3) is 0 Å². The average Bonchev–Trinajstić information content (AvgIpc) is 2.52. The Balaban J connectivity index is -0.000000460. The van der Waals surface area contributed by atoms with Crippen LogP contribution in [0.3, 0.4) is 0 Å². The molecular formula is C15H25F6N3O7. The molecule has 2 atom stereocenters. The second-order valence-electron chi connectivity index (χ2n) is 5.93. The summed E-state index contributed by atoms with van der Waals surface area (Å²) >= 11 is 0. The van der Waals surface area contributed by atoms with Crippen LogP contribution in [0.4, 0.5) is 26.3 Å². The zero-order valence-electron chi connectivity index (χ0n) is 16.3. The van der Waals surface area contributed by atoms with Crippen LogP contribution in [0.5, 0.6) is 0 Å². The number of rotatable bonds is 9. The number of carboxylic acids is 3. The molecule has 0 aliphatic carbocycles. The highest BCUT2D eigenvalue weighted by Crippen LogP contribution is 2.13. The Morgan fingerprint density at radius 1 is 0.871 bits per heavy atom. The summed E-state index contributed by atoms with van der Waals surface area (Å²) in [6.45, 7) is 2.31. The molecule has 0 saturated carbocycles. The predicted octanol–water partition coefficient (Wildman–Crippen LogP) is 1.08. The van der Waals surface area contributed by atoms with Crippen molar-refractivity contribution in [2.24, 2.45) is 11.5 Å². The van der Waals surface area contributed by atoms with E-state index in [0.29, 0.717) is 13.0 Å². The maximum absolute atomic E-state index is 11.5. The van der Waals surface area contributed by atoms with Crippen molar-refractivity contribution in [3.05, 3.63) is 0 Å². The van der Waals surface area contributed by atoms with Crippen LogP contribution in [-0.2, 0) is 19.2 Å². The van der Waals surface area contributed by atoms with Gasteiger partial charge in [0.25, 0.3) is 0 Å². The first-order chi connectivity index (χ1) is 13.8. The number of hydrogen-bond donors (Lipinski definition) is 6. The van der Waals surface area contributed by atoms with Crippen molar-refractivity contribution in [3.63, 3.8) is 0 Å². The number of amides is 1. The van der Waals surface area contributed by atoms with Gasteiger partial charge in [-0.2, -0.15) is 26.3 Å². The summed E-state index contributed by atoms with van der Waals surface area (Å²) in [5.41, 5.74) is 10.9. The molecule has 0 radical (unpaired) electrons. The molecule has 1 amide bonds. The van der Waals surface area contributed by atoms with Crippen LogP contribution >= 0.6 is 0 Å². The van der Waals surface area contributed by atoms with E-state index in [-0.39, 0.29) is 30.8 Å². The Kier molecular flexibility index (Phi) is 17.2. The molecule has 0 aromatic carbocycles. The van der Waals surface area contributed by atoms with Gasteiger partial charge in [-0.1, -0.05) is 6.42 Å². The fourth-order valence-electron chi connectivity index (χ4n) is 1.55. The van der Waals surface area contributed by atoms with E-state index in [0.717, 1.165) is 12.8 Å². The fourth-order valence-corrected chi connectivity index (χ4v) is 1.55. The molecule has 184 valence electrons. The molecular weight excluding hydrogens is 448 g/mol. The molecule has 0 bridgehead atoms. The second-order valence-corrected chi connectivity index (χ2v) is 5.93. The van der Waals surface area contributed by atoms with E-state index in [1.165, 1.54) is 0 Å². The summed E-state index contributed by atoms with van der Waals surface area (Å²) in [4.78, 5) is 39.9. The third-order valence-electron chi connectivity index (χ3n) is 2.79. The highest BCUT2D eigenvalue weighted by atomic mass is 19.4. The molecule has 0 fully saturated rings. The summed E-state index contributed by atoms with van der Waals surface area (Å²) in [6.07, 6.45) is -7.73. The van der Waals surface area contributed by atoms with Crippen molar-refractivity contribution in [2.45, 2.75) is 63.5 Å². The van der Waals surface area contributed by atoms with E-state index in [9.17, 15) is 35.9 Å². The quantitative estimate of drug-likeness (QED) is 0.210. The van der Waals surface area contributed by atoms with Gasteiger partial charge in [-0.05, 0) is 26.3 Å². The number of hydrogen-bond acceptors (Lipinski definition) is 6. The average molecular weight is 473 g/mol. The van der Waals surface area contributed by atoms with Gasteiger partial charge in [0.1, 0.15) is 0 Å². The van der Waals surface area contributed by atoms with Gasteiger partial charge < -0.3 is 32.1 Å². The van der Waals surface area contributed by atoms with Gasteiger partial charge in [0.15, 0.2) is 0 Å². The van der Waals surface area contributed by atoms with E-state index < -0.39 is 30.3 Å². The SMILES string of the molecule is C[C@H](N)CC(=O)N[C@@H](CCCCN)CC(=O)O.O=C(O)C(F)(F)F.O=C(O)C(F)(F)F. The molecule has 10 nitrogen and oxygen atoms in total. The number of alkyl halides is 6. The lowest BCUT2D eigenvalue weighted by Gasteiger charge is -2.17. The Morgan fingerprint density at radius 3 is 1.52 bits per heavy atom. The highest BCUT2D eigenvalue weighted by Gasteiger charge is 2.38. The van der Waals surface area contributed by atoms with Gasteiger partial charge in [-0.15, -0.1) is 0 Å². The van der Waals surface area contributed by atoms with Crippen LogP contribution in [0.1, 0.15) is 39.0 Å². The normalized spacial score (nSPS) is 12.8. The maximum atomic E-state index is 11.5. The number of unbranched alkanes of at least 4 members (excludes halogenated alkanes) is 1. The molecule has 0 heterocycles. The topological polar surface area (TPSA) is 193 Å². The van der Waals surface area contributed by atoms with Crippen molar-refractivity contribution in [1.29, 1.82) is 0 Å². The third kappa shape index (κ3) is 25.3. The van der Waals surface area contributed by atoms with E-state index in [1.807, 2.05) is 0 Å². The number of aliphatic carboxylic acids is 3. The number of carboxylic acid groups (broad SMARTS) is 3. The number of nitrogens with one attached hydrogen (secondary N) is 1. The van der Waals surface area contributed by atoms with E-state index >= 15 is 0 Å². The largest absolute Gasteiger partial charge is 0.490 e. The van der Waals surface area contributed by atoms with Crippen molar-refractivity contribution >= 4 is 23.8 Å². The minimum Gasteiger partial charge on any atom is -0.481 e. The molecule has 0 spiro atoms. The second kappa shape index (κ2) is 16.1. The Bertz CT molecular complexity index is 544. The highest BCUT2D eigenvalue weighted by molar-refractivity contribution is 5.78. The molecule has 0 aliphatic heterocycles. The van der Waals surface area contributed by atoms with E-state index in [2.05, 4.69) is 5.32 Å². The molecule has 0 unspecified atom stereocenters. The summed E-state index contributed by atoms with van der Waals surface area (Å²) < 4.78 is 63.5. The number of nitrogens with two attached hydrogens (primary N) is 2. The first kappa shape index (κ1) is 33.0. The van der Waals surface area contributed by atoms with Crippen LogP contribution in [0, 0.1) is 0 Å². The lowest BCUT2D eigenvalue weighted by Crippen LogP contribution is -2.39. The van der Waals surface area contributed by atoms with E-state index in [4.69, 9.17) is 36.4 Å². The standard InChI is InChI=1S/C11H23N3O3.2C2HF3O2/c1-8(13)6-10(15)14-9(7-11(16)17)4-2-3-5-12;2*3-2(4,5)1(6)7/h8-9H,2-7,12-13H2,1H3,(H,14,15)(H,16,17);2*(H,6,7)/t8-,9-;;/m0../s1. The van der Waals surface area contributed by atoms with Gasteiger partial charge >= 0.3 is 30.3 Å². The minimum atomic E-state index is -5.08. The monoisotopic (exact) mass is 473 g/mol. The molecule has 0 aromatic rings. The van der Waals surface area contributed by atoms with Crippen LogP contribution in [0.15, 0.2) is 0 Å². The summed E-state index contributed by atoms with van der Waals surface area (Å²) in [7, 11) is 0. The first-order valence-corrected chi connectivity index (χ1v) is 8.41. The van der Waals surface area contributed by atoms with E-state index in [1.54, 1.807) is 6.92 Å². The van der Waals surface area contributed by atoms with Crippen molar-refractivity contribution in [1.82, 2.24) is 5.32 Å². The van der Waals surface area contributed by atoms with Gasteiger partial charge in [0, 0.05) is 18.5 Å². The molecule has 0 aromatic heterocycles. The summed E-state index contributed by atoms with van der Waals surface area (Å²) in [5, 5.41) is 25.7. The molecule has 16 heteroatoms. The predicted molar refractivity (Wildman–Crippen MR) is 92.7 cm³/mol. The molecule has 0 saturated heterocycles. The smallest absolute Gasteiger partial charge is 0.481 e. The number of carbonyl (C=O) groups is 4. The van der Waals surface area contributed by atoms with Gasteiger partial charge in [-0.25, -0.2) is 9.59 Å². The lowest BCUT2D eigenvalue weighted by atomic mass is 10.1. The van der Waals surface area contributed by atoms with Crippen molar-refractivity contribution in [2.75, 3.05) is 6.54 Å². The number of halogens is 6. The van der Waals surface area contributed by atoms with Crippen molar-refractivity contribution < 1.29 is 60.8 Å². The van der Waals surface area contributed by atoms with Crippen LogP contribution in [0.2, 0.25) is 0 Å². The summed E-state index contributed by atoms with van der Waals surface area (Å²) in [6, 6.07) is -0.546. The Hall–Kier alpha value is -2.62. The van der Waals surface area contributed by atoms with Crippen LogP contribution in [-0.4, -0.2) is 70.1 Å². The van der Waals surface area contributed by atoms with Gasteiger partial charge in [0.05, 0.1) is 6.42 Å². The molecule has 0 aliphatic rings. The third-order valence-corrected chi connectivity index (χ3v) is 2.79. The number of carbonyl (C=O) groups excluding carboxylic acids is 1. The minimum absolute atomic E-state index is 0.0603. The lowest BCUT2D eigenvalue weighted by molar-refractivity contribution is -0.193. The molecule has 0 rings (SSSR count). The van der Waals surface area contributed by atoms with Gasteiger partial charge in [0.2, 0.25) is 5.91 Å². The maximum Gasteiger partial charge on any atom is 0.490 e.